The first-order valence-electron chi connectivity index (χ1n) is 34.4. The number of allylic oxidation sites excluding steroid dienone is 1. The number of aliphatic hydroxyl groups excluding tert-OH is 1. The monoisotopic (exact) mass is 1400 g/mol. The Labute approximate surface area is 593 Å². The zero-order chi connectivity index (χ0) is 71.2. The lowest BCUT2D eigenvalue weighted by Gasteiger charge is -2.36. The smallest absolute Gasteiger partial charge is 0.524 e. The third-order valence-corrected chi connectivity index (χ3v) is 21.1. The number of nitrogens with zero attached hydrogens (tertiary/aromatic N) is 3. The highest BCUT2D eigenvalue weighted by atomic mass is 32.1. The summed E-state index contributed by atoms with van der Waals surface area (Å²) < 4.78 is 82.6. The van der Waals surface area contributed by atoms with Gasteiger partial charge in [0.2, 0.25) is 0 Å². The molecule has 0 spiro atoms. The van der Waals surface area contributed by atoms with Crippen LogP contribution in [0.3, 0.4) is 0 Å². The van der Waals surface area contributed by atoms with Gasteiger partial charge in [-0.3, -0.25) is 14.4 Å². The quantitative estimate of drug-likeness (QED) is 0.0180. The predicted molar refractivity (Wildman–Crippen MR) is 384 cm³/mol. The molecule has 12 rings (SSSR count). The van der Waals surface area contributed by atoms with Gasteiger partial charge in [-0.25, -0.2) is 9.59 Å². The van der Waals surface area contributed by atoms with E-state index in [9.17, 15) is 46.6 Å². The first kappa shape index (κ1) is 76.0. The van der Waals surface area contributed by atoms with Crippen LogP contribution in [0.5, 0.6) is 11.5 Å². The Hall–Kier alpha value is -8.14. The number of amides is 2. The Morgan fingerprint density at radius 3 is 1.55 bits per heavy atom. The highest BCUT2D eigenvalue weighted by molar-refractivity contribution is 7.14. The molecular weight excluding hydrogens is 1320 g/mol. The third-order valence-electron chi connectivity index (χ3n) is 18.8. The first-order valence-corrected chi connectivity index (χ1v) is 36.0. The van der Waals surface area contributed by atoms with Crippen molar-refractivity contribution in [2.75, 3.05) is 33.9 Å². The van der Waals surface area contributed by atoms with E-state index < -0.39 is 66.6 Å². The lowest BCUT2D eigenvalue weighted by atomic mass is 9.79. The minimum absolute atomic E-state index is 0.0242. The van der Waals surface area contributed by atoms with E-state index in [0.717, 1.165) is 59.9 Å². The second-order valence-corrected chi connectivity index (χ2v) is 28.1. The Kier molecular flexibility index (Phi) is 27.7. The number of methoxy groups -OCH3 is 2. The molecule has 1 radical (unpaired) electrons. The van der Waals surface area contributed by atoms with Crippen LogP contribution in [0.1, 0.15) is 129 Å². The maximum absolute atomic E-state index is 14.2. The van der Waals surface area contributed by atoms with Crippen molar-refractivity contribution in [2.45, 2.75) is 152 Å². The van der Waals surface area contributed by atoms with Gasteiger partial charge >= 0.3 is 38.5 Å². The van der Waals surface area contributed by atoms with Crippen LogP contribution in [0.4, 0.5) is 17.6 Å². The number of likely N-dealkylation sites (tertiary alicyclic amines) is 2. The summed E-state index contributed by atoms with van der Waals surface area (Å²) in [7, 11) is 4.13. The molecular formula is C78H88B2F4N3O11S2. The number of halogens is 4. The molecule has 2 aromatic heterocycles. The molecule has 2 amide bonds. The van der Waals surface area contributed by atoms with Crippen molar-refractivity contribution in [1.82, 2.24) is 14.6 Å². The van der Waals surface area contributed by atoms with Gasteiger partial charge in [-0.15, -0.1) is 22.7 Å². The highest BCUT2D eigenvalue weighted by Gasteiger charge is 2.57. The molecule has 0 aliphatic carbocycles. The summed E-state index contributed by atoms with van der Waals surface area (Å²) >= 11 is 2.59. The number of thiophene rings is 2. The molecule has 1 N–H and O–H groups in total. The number of rotatable bonds is 26. The number of fused-ring (bicyclic) bond motifs is 2. The Balaban J connectivity index is 0.000000168. The van der Waals surface area contributed by atoms with E-state index in [0.29, 0.717) is 47.9 Å². The summed E-state index contributed by atoms with van der Waals surface area (Å²) in [5.74, 6) is -8.80. The Morgan fingerprint density at radius 1 is 0.620 bits per heavy atom. The fourth-order valence-corrected chi connectivity index (χ4v) is 15.3. The molecule has 4 saturated heterocycles. The van der Waals surface area contributed by atoms with E-state index in [2.05, 4.69) is 96.6 Å². The Bertz CT molecular complexity index is 3770. The number of ketones is 1. The van der Waals surface area contributed by atoms with E-state index in [1.807, 2.05) is 80.6 Å². The summed E-state index contributed by atoms with van der Waals surface area (Å²) in [6.07, 6.45) is 13.6. The number of hydrogen-bond acceptors (Lipinski definition) is 14. The maximum atomic E-state index is 14.2. The van der Waals surface area contributed by atoms with E-state index in [1.54, 1.807) is 30.4 Å². The molecule has 5 aliphatic heterocycles. The number of carbonyl (C=O) groups excluding carboxylic acids is 5. The summed E-state index contributed by atoms with van der Waals surface area (Å²) in [4.78, 5) is 68.0. The summed E-state index contributed by atoms with van der Waals surface area (Å²) in [6, 6.07) is 55.0. The number of esters is 2. The molecule has 100 heavy (non-hydrogen) atoms. The molecule has 7 heterocycles. The lowest BCUT2D eigenvalue weighted by Crippen LogP contribution is -2.41. The zero-order valence-corrected chi connectivity index (χ0v) is 58.9. The average Bonchev–Trinajstić information content (AvgIpc) is 1.56. The normalized spacial score (nSPS) is 19.4. The number of hydrogen-bond donors (Lipinski definition) is 1. The Morgan fingerprint density at radius 2 is 1.07 bits per heavy atom. The number of para-hydroxylation sites is 2. The number of carbonyl (C=O) groups is 5. The van der Waals surface area contributed by atoms with Gasteiger partial charge in [0.05, 0.1) is 32.4 Å². The van der Waals surface area contributed by atoms with E-state index in [4.69, 9.17) is 23.4 Å². The molecule has 5 aromatic carbocycles. The van der Waals surface area contributed by atoms with Crippen molar-refractivity contribution in [1.29, 1.82) is 0 Å². The molecule has 5 aliphatic rings. The molecule has 527 valence electrons. The van der Waals surface area contributed by atoms with Crippen molar-refractivity contribution >= 4 is 66.9 Å². The van der Waals surface area contributed by atoms with Gasteiger partial charge in [0.25, 0.3) is 11.8 Å². The van der Waals surface area contributed by atoms with Gasteiger partial charge < -0.3 is 43.2 Å². The van der Waals surface area contributed by atoms with Crippen LogP contribution in [-0.2, 0) is 59.8 Å². The third kappa shape index (κ3) is 20.1. The van der Waals surface area contributed by atoms with Crippen LogP contribution in [0.25, 0.3) is 0 Å². The summed E-state index contributed by atoms with van der Waals surface area (Å²) in [6.45, 7) is 7.44. The molecule has 0 saturated carbocycles. The molecule has 22 heteroatoms. The second kappa shape index (κ2) is 36.5. The highest BCUT2D eigenvalue weighted by Crippen LogP contribution is 2.49. The van der Waals surface area contributed by atoms with E-state index >= 15 is 0 Å². The second-order valence-electron chi connectivity index (χ2n) is 25.8. The lowest BCUT2D eigenvalue weighted by molar-refractivity contribution is -0.148. The van der Waals surface area contributed by atoms with E-state index in [-0.39, 0.29) is 43.4 Å². The van der Waals surface area contributed by atoms with Gasteiger partial charge in [-0.05, 0) is 161 Å². The van der Waals surface area contributed by atoms with Crippen LogP contribution < -0.4 is 9.31 Å². The number of aryl methyl sites for hydroxylation is 4. The van der Waals surface area contributed by atoms with Crippen molar-refractivity contribution < 1.29 is 70.1 Å². The molecule has 14 nitrogen and oxygen atoms in total. The maximum Gasteiger partial charge on any atom is 0.658 e. The van der Waals surface area contributed by atoms with Crippen molar-refractivity contribution in [2.24, 2.45) is 11.8 Å². The van der Waals surface area contributed by atoms with Gasteiger partial charge in [0.1, 0.15) is 26.9 Å². The molecule has 0 bridgehead atoms. The SMILES string of the molecule is CB1OC(c2ccccc2)(c2ccccc2)[C@H]2CCCN12.COC(=O)c1ccc(CCCN2C(=O)C(F)(F)C[C@@H]2/C=C/C(=O)[C@H](C)CCCc2ccccc2)s1.COC(=O)c1ccc(CCCN2C(=O)C(F)(F)C[C@@H]2/C=C/[C@@H](O)[C@@H](C)CCCc2ccccc2)s1.[B]1Oc2ccccc2O1. The fourth-order valence-electron chi connectivity index (χ4n) is 13.4. The molecule has 4 fully saturated rings. The van der Waals surface area contributed by atoms with Crippen LogP contribution in [0.2, 0.25) is 6.82 Å². The number of aliphatic hydroxyl groups is 1. The first-order chi connectivity index (χ1) is 48.2. The average molecular weight is 1410 g/mol. The number of ether oxygens (including phenoxy) is 2. The molecule has 0 unspecified atom stereocenters. The van der Waals surface area contributed by atoms with Gasteiger partial charge in [0, 0.05) is 47.6 Å². The van der Waals surface area contributed by atoms with Crippen molar-refractivity contribution in [3.05, 3.63) is 236 Å². The van der Waals surface area contributed by atoms with Crippen LogP contribution in [-0.4, -0.2) is 134 Å². The number of alkyl halides is 4. The fraction of sp³-hybridized carbons (Fsp3) is 0.397. The van der Waals surface area contributed by atoms with Crippen LogP contribution in [0, 0.1) is 11.8 Å². The van der Waals surface area contributed by atoms with Gasteiger partial charge in [-0.1, -0.05) is 166 Å². The topological polar surface area (TPSA) is 161 Å². The summed E-state index contributed by atoms with van der Waals surface area (Å²) in [5, 5.41) is 10.5. The largest absolute Gasteiger partial charge is 0.658 e. The number of benzene rings is 5. The van der Waals surface area contributed by atoms with E-state index in [1.165, 1.54) is 102 Å². The standard InChI is InChI=1S/C27H33F2NO4S.C27H31F2NO4S.C18H20BNO.C6H4BO2/c2*1-19(8-6-11-20-9-4-3-5-10-20)23(31)15-13-21-18-27(28,29)26(33)30(21)17-7-12-22-14-16-24(35-22)25(32)34-2;1-19-20-14-8-13-17(20)18(21-19,15-9-4-2-5-10-15)16-11-6-3-7-12-16;1-2-4-6-5(3-1)8-7-9-6/h3-5,9-10,13-16,19,21,23,31H,6-8,11-12,17-18H2,1-2H3;3-5,9-10,13-16,19,21H,6-8,11-12,17-18H2,1-2H3;2-7,9-12,17H,8,13-14H2,1H3;1-4H/b2*15-13+;;/t19-,21-,23+;19-,21+;17-;/m011./s1. The van der Waals surface area contributed by atoms with Crippen LogP contribution >= 0.6 is 22.7 Å². The van der Waals surface area contributed by atoms with Crippen LogP contribution in [0.15, 0.2) is 194 Å². The molecule has 7 aromatic rings. The zero-order valence-electron chi connectivity index (χ0n) is 57.3. The minimum atomic E-state index is -3.43. The van der Waals surface area contributed by atoms with Crippen molar-refractivity contribution in [3.8, 4) is 11.5 Å². The van der Waals surface area contributed by atoms with Gasteiger partial charge in [-0.2, -0.15) is 17.6 Å². The van der Waals surface area contributed by atoms with Crippen molar-refractivity contribution in [3.63, 3.8) is 0 Å². The minimum Gasteiger partial charge on any atom is -0.524 e. The molecule has 6 atom stereocenters. The van der Waals surface area contributed by atoms with Gasteiger partial charge in [0.15, 0.2) is 5.78 Å². The summed E-state index contributed by atoms with van der Waals surface area (Å²) in [5.41, 5.74) is 4.69. The predicted octanol–water partition coefficient (Wildman–Crippen LogP) is 15.3.